The van der Waals surface area contributed by atoms with Gasteiger partial charge in [-0.15, -0.1) is 0 Å². The normalized spacial score (nSPS) is 22.0. The average Bonchev–Trinajstić information content (AvgIpc) is 3.18. The van der Waals surface area contributed by atoms with Gasteiger partial charge in [0, 0.05) is 11.6 Å². The monoisotopic (exact) mass is 408 g/mol. The summed E-state index contributed by atoms with van der Waals surface area (Å²) in [6.07, 6.45) is 1.49. The number of hydrogen-bond donors (Lipinski definition) is 0. The highest BCUT2D eigenvalue weighted by Gasteiger charge is 2.40. The summed E-state index contributed by atoms with van der Waals surface area (Å²) >= 11 is 0. The fourth-order valence-corrected chi connectivity index (χ4v) is 4.67. The molecular weight excluding hydrogens is 380 g/mol. The summed E-state index contributed by atoms with van der Waals surface area (Å²) in [5.74, 6) is 2.37. The Kier molecular flexibility index (Phi) is 5.22. The SMILES string of the molecule is C=C(C)[C@@H]1Cc2ccc3c(c2C1)OC(C)[C@H](c1cc(OC)c(OC)cc1OC)C3=O. The molecule has 0 spiro atoms. The molecule has 0 amide bonds. The molecule has 30 heavy (non-hydrogen) atoms. The molecule has 5 nitrogen and oxygen atoms in total. The Bertz CT molecular complexity index is 1020. The van der Waals surface area contributed by atoms with Gasteiger partial charge in [0.25, 0.3) is 0 Å². The zero-order valence-electron chi connectivity index (χ0n) is 18.2. The van der Waals surface area contributed by atoms with Crippen molar-refractivity contribution in [2.24, 2.45) is 5.92 Å². The molecule has 1 aliphatic carbocycles. The predicted octanol–water partition coefficient (Wildman–Crippen LogP) is 4.75. The van der Waals surface area contributed by atoms with Crippen molar-refractivity contribution >= 4 is 5.78 Å². The topological polar surface area (TPSA) is 54.0 Å². The van der Waals surface area contributed by atoms with Crippen molar-refractivity contribution in [3.8, 4) is 23.0 Å². The van der Waals surface area contributed by atoms with E-state index in [1.807, 2.05) is 19.1 Å². The number of methoxy groups -OCH3 is 3. The average molecular weight is 408 g/mol. The van der Waals surface area contributed by atoms with Crippen LogP contribution < -0.4 is 18.9 Å². The van der Waals surface area contributed by atoms with E-state index in [4.69, 9.17) is 18.9 Å². The van der Waals surface area contributed by atoms with Crippen molar-refractivity contribution in [3.63, 3.8) is 0 Å². The van der Waals surface area contributed by atoms with Crippen LogP contribution in [0.1, 0.15) is 46.8 Å². The van der Waals surface area contributed by atoms with Gasteiger partial charge >= 0.3 is 0 Å². The van der Waals surface area contributed by atoms with Crippen LogP contribution in [0.5, 0.6) is 23.0 Å². The highest BCUT2D eigenvalue weighted by Crippen LogP contribution is 2.47. The third-order valence-corrected chi connectivity index (χ3v) is 6.36. The van der Waals surface area contributed by atoms with E-state index < -0.39 is 5.92 Å². The summed E-state index contributed by atoms with van der Waals surface area (Å²) in [6, 6.07) is 7.54. The van der Waals surface area contributed by atoms with E-state index in [0.717, 1.165) is 29.7 Å². The van der Waals surface area contributed by atoms with Crippen LogP contribution >= 0.6 is 0 Å². The zero-order valence-corrected chi connectivity index (χ0v) is 18.2. The van der Waals surface area contributed by atoms with Crippen LogP contribution in [0, 0.1) is 5.92 Å². The second kappa shape index (κ2) is 7.71. The first-order valence-corrected chi connectivity index (χ1v) is 10.2. The molecule has 0 N–H and O–H groups in total. The molecule has 2 aromatic carbocycles. The van der Waals surface area contributed by atoms with E-state index >= 15 is 0 Å². The van der Waals surface area contributed by atoms with Gasteiger partial charge in [0.15, 0.2) is 17.3 Å². The van der Waals surface area contributed by atoms with Crippen LogP contribution in [0.25, 0.3) is 0 Å². The van der Waals surface area contributed by atoms with Crippen molar-refractivity contribution in [3.05, 3.63) is 58.7 Å². The van der Waals surface area contributed by atoms with Gasteiger partial charge < -0.3 is 18.9 Å². The van der Waals surface area contributed by atoms with E-state index in [1.165, 1.54) is 11.1 Å². The van der Waals surface area contributed by atoms with Gasteiger partial charge in [0.05, 0.1) is 32.8 Å². The summed E-state index contributed by atoms with van der Waals surface area (Å²) in [6.45, 7) is 8.12. The van der Waals surface area contributed by atoms with E-state index in [1.54, 1.807) is 27.4 Å². The number of benzene rings is 2. The van der Waals surface area contributed by atoms with Crippen molar-refractivity contribution < 1.29 is 23.7 Å². The molecule has 5 heteroatoms. The van der Waals surface area contributed by atoms with Crippen LogP contribution in [-0.4, -0.2) is 33.2 Å². The van der Waals surface area contributed by atoms with Gasteiger partial charge in [0.1, 0.15) is 17.6 Å². The van der Waals surface area contributed by atoms with Crippen LogP contribution in [0.3, 0.4) is 0 Å². The lowest BCUT2D eigenvalue weighted by Gasteiger charge is -2.33. The van der Waals surface area contributed by atoms with Gasteiger partial charge in [-0.1, -0.05) is 18.2 Å². The molecule has 1 unspecified atom stereocenters. The molecule has 2 aliphatic rings. The fourth-order valence-electron chi connectivity index (χ4n) is 4.67. The van der Waals surface area contributed by atoms with Gasteiger partial charge in [0.2, 0.25) is 0 Å². The molecule has 0 fully saturated rings. The summed E-state index contributed by atoms with van der Waals surface area (Å²) in [4.78, 5) is 13.6. The minimum atomic E-state index is -0.497. The van der Waals surface area contributed by atoms with Gasteiger partial charge in [-0.3, -0.25) is 4.79 Å². The van der Waals surface area contributed by atoms with Crippen molar-refractivity contribution in [1.29, 1.82) is 0 Å². The molecule has 2 aromatic rings. The standard InChI is InChI=1S/C25H28O5/c1-13(2)16-9-15-7-8-17-24(26)23(14(3)30-25(17)18(15)10-16)19-11-21(28-5)22(29-6)12-20(19)27-4/h7-8,11-12,14,16,23H,1,9-10H2,2-6H3/t14?,16-,23-/m1/s1. The number of ether oxygens (including phenoxy) is 4. The van der Waals surface area contributed by atoms with Crippen molar-refractivity contribution in [1.82, 2.24) is 0 Å². The Labute approximate surface area is 177 Å². The minimum Gasteiger partial charge on any atom is -0.496 e. The number of rotatable bonds is 5. The second-order valence-corrected chi connectivity index (χ2v) is 8.15. The highest BCUT2D eigenvalue weighted by molar-refractivity contribution is 6.05. The third-order valence-electron chi connectivity index (χ3n) is 6.36. The molecule has 0 saturated heterocycles. The number of allylic oxidation sites excluding steroid dienone is 1. The largest absolute Gasteiger partial charge is 0.496 e. The molecular formula is C25H28O5. The number of Topliss-reactive ketones (excluding diaryl/α,β-unsaturated/α-hetero) is 1. The fraction of sp³-hybridized carbons (Fsp3) is 0.400. The van der Waals surface area contributed by atoms with Gasteiger partial charge in [-0.05, 0) is 55.9 Å². The lowest BCUT2D eigenvalue weighted by atomic mass is 9.82. The second-order valence-electron chi connectivity index (χ2n) is 8.15. The molecule has 0 aromatic heterocycles. The predicted molar refractivity (Wildman–Crippen MR) is 115 cm³/mol. The van der Waals surface area contributed by atoms with E-state index in [0.29, 0.717) is 28.7 Å². The van der Waals surface area contributed by atoms with E-state index in [2.05, 4.69) is 19.6 Å². The number of hydrogen-bond acceptors (Lipinski definition) is 5. The minimum absolute atomic E-state index is 0.0378. The third kappa shape index (κ3) is 3.13. The van der Waals surface area contributed by atoms with E-state index in [9.17, 15) is 4.79 Å². The molecule has 158 valence electrons. The summed E-state index contributed by atoms with van der Waals surface area (Å²) < 4.78 is 22.8. The van der Waals surface area contributed by atoms with Crippen LogP contribution in [0.2, 0.25) is 0 Å². The molecule has 1 aliphatic heterocycles. The number of ketones is 1. The number of carbonyl (C=O) groups excluding carboxylic acids is 1. The first-order valence-electron chi connectivity index (χ1n) is 10.2. The Hall–Kier alpha value is -2.95. The molecule has 0 saturated carbocycles. The van der Waals surface area contributed by atoms with Gasteiger partial charge in [-0.2, -0.15) is 0 Å². The summed E-state index contributed by atoms with van der Waals surface area (Å²) in [7, 11) is 4.74. The Morgan fingerprint density at radius 3 is 2.33 bits per heavy atom. The van der Waals surface area contributed by atoms with Crippen LogP contribution in [0.4, 0.5) is 0 Å². The van der Waals surface area contributed by atoms with Crippen LogP contribution in [-0.2, 0) is 12.8 Å². The highest BCUT2D eigenvalue weighted by atomic mass is 16.5. The molecule has 0 bridgehead atoms. The smallest absolute Gasteiger partial charge is 0.177 e. The Balaban J connectivity index is 1.78. The quantitative estimate of drug-likeness (QED) is 0.668. The first-order chi connectivity index (χ1) is 14.4. The first kappa shape index (κ1) is 20.3. The Morgan fingerprint density at radius 2 is 1.70 bits per heavy atom. The summed E-state index contributed by atoms with van der Waals surface area (Å²) in [5.41, 5.74) is 4.94. The molecule has 0 radical (unpaired) electrons. The van der Waals surface area contributed by atoms with Crippen molar-refractivity contribution in [2.75, 3.05) is 21.3 Å². The number of fused-ring (bicyclic) bond motifs is 3. The Morgan fingerprint density at radius 1 is 1.03 bits per heavy atom. The lowest BCUT2D eigenvalue weighted by molar-refractivity contribution is 0.0804. The maximum atomic E-state index is 13.6. The molecule has 4 rings (SSSR count). The van der Waals surface area contributed by atoms with Crippen LogP contribution in [0.15, 0.2) is 36.4 Å². The van der Waals surface area contributed by atoms with Gasteiger partial charge in [-0.25, -0.2) is 0 Å². The molecule has 1 heterocycles. The molecule has 3 atom stereocenters. The summed E-state index contributed by atoms with van der Waals surface area (Å²) in [5, 5.41) is 0. The number of carbonyl (C=O) groups is 1. The lowest BCUT2D eigenvalue weighted by Crippen LogP contribution is -2.34. The maximum absolute atomic E-state index is 13.6. The van der Waals surface area contributed by atoms with Crippen molar-refractivity contribution in [2.45, 2.75) is 38.7 Å². The maximum Gasteiger partial charge on any atom is 0.177 e. The van der Waals surface area contributed by atoms with E-state index in [-0.39, 0.29) is 11.9 Å². The zero-order chi connectivity index (χ0) is 21.6.